The quantitative estimate of drug-likeness (QED) is 0.142. The Morgan fingerprint density at radius 1 is 0.950 bits per heavy atom. The van der Waals surface area contributed by atoms with Gasteiger partial charge in [-0.15, -0.1) is 6.58 Å². The number of hydrogen-bond acceptors (Lipinski definition) is 5. The molecule has 1 aliphatic rings. The number of hydrogen-bond donors (Lipinski definition) is 0. The summed E-state index contributed by atoms with van der Waals surface area (Å²) in [5.74, 6) is 0.879. The molecule has 5 rings (SSSR count). The van der Waals surface area contributed by atoms with Crippen LogP contribution < -0.4 is 9.47 Å². The number of carbonyl (C=O) groups excluding carboxylic acids is 2. The maximum atomic E-state index is 13.4. The average molecular weight is 570 g/mol. The number of allylic oxidation sites excluding steroid dienone is 1. The molecule has 1 saturated heterocycles. The van der Waals surface area contributed by atoms with E-state index in [-0.39, 0.29) is 17.7 Å². The van der Waals surface area contributed by atoms with Gasteiger partial charge in [0.2, 0.25) is 0 Å². The maximum Gasteiger partial charge on any atom is 0.293 e. The number of amides is 2. The van der Waals surface area contributed by atoms with Crippen LogP contribution in [0.5, 0.6) is 11.5 Å². The monoisotopic (exact) mass is 569 g/mol. The number of rotatable bonds is 10. The fourth-order valence-corrected chi connectivity index (χ4v) is 5.59. The minimum atomic E-state index is -0.311. The highest BCUT2D eigenvalue weighted by atomic mass is 35.5. The number of fused-ring (bicyclic) bond motifs is 1. The third-order valence-electron chi connectivity index (χ3n) is 6.49. The van der Waals surface area contributed by atoms with Gasteiger partial charge in [-0.05, 0) is 82.9 Å². The lowest BCUT2D eigenvalue weighted by atomic mass is 10.0. The fraction of sp³-hybridized carbons (Fsp3) is 0.152. The molecule has 0 aliphatic carbocycles. The lowest BCUT2D eigenvalue weighted by molar-refractivity contribution is -0.123. The van der Waals surface area contributed by atoms with Gasteiger partial charge < -0.3 is 9.47 Å². The Morgan fingerprint density at radius 2 is 1.73 bits per heavy atom. The van der Waals surface area contributed by atoms with Crippen molar-refractivity contribution in [1.82, 2.24) is 4.90 Å². The summed E-state index contributed by atoms with van der Waals surface area (Å²) >= 11 is 6.96. The van der Waals surface area contributed by atoms with Crippen LogP contribution >= 0.6 is 23.4 Å². The van der Waals surface area contributed by atoms with Crippen molar-refractivity contribution < 1.29 is 19.1 Å². The standard InChI is InChI=1S/C33H28ClNO4S/c1-3-8-25-17-23(18-29(38-4-2)31(25)39-21-22-13-15-27(34)16-14-22)19-30-32(36)35(33(37)40-30)20-26-11-7-10-24-9-5-6-12-28(24)26/h3,5-7,9-19H,1,4,8,20-21H2,2H3/b30-19-. The van der Waals surface area contributed by atoms with E-state index in [9.17, 15) is 9.59 Å². The van der Waals surface area contributed by atoms with E-state index in [2.05, 4.69) is 6.58 Å². The molecule has 0 bridgehead atoms. The van der Waals surface area contributed by atoms with Crippen LogP contribution in [-0.2, 0) is 24.4 Å². The van der Waals surface area contributed by atoms with E-state index in [4.69, 9.17) is 21.1 Å². The lowest BCUT2D eigenvalue weighted by Crippen LogP contribution is -2.27. The molecule has 0 saturated carbocycles. The Balaban J connectivity index is 1.42. The van der Waals surface area contributed by atoms with Crippen LogP contribution in [0.25, 0.3) is 16.8 Å². The average Bonchev–Trinajstić information content (AvgIpc) is 3.21. The van der Waals surface area contributed by atoms with E-state index in [1.807, 2.05) is 85.8 Å². The number of halogens is 1. The van der Waals surface area contributed by atoms with Crippen molar-refractivity contribution in [2.75, 3.05) is 6.61 Å². The van der Waals surface area contributed by atoms with Crippen molar-refractivity contribution >= 4 is 51.4 Å². The van der Waals surface area contributed by atoms with Crippen LogP contribution in [0.15, 0.2) is 96.4 Å². The highest BCUT2D eigenvalue weighted by Crippen LogP contribution is 2.38. The van der Waals surface area contributed by atoms with Crippen LogP contribution in [-0.4, -0.2) is 22.7 Å². The summed E-state index contributed by atoms with van der Waals surface area (Å²) in [6.45, 7) is 6.79. The van der Waals surface area contributed by atoms with Crippen molar-refractivity contribution in [3.05, 3.63) is 124 Å². The molecule has 0 radical (unpaired) electrons. The van der Waals surface area contributed by atoms with E-state index in [1.54, 1.807) is 12.2 Å². The van der Waals surface area contributed by atoms with Crippen LogP contribution in [0.1, 0.15) is 29.2 Å². The highest BCUT2D eigenvalue weighted by molar-refractivity contribution is 8.18. The molecular weight excluding hydrogens is 542 g/mol. The zero-order valence-corrected chi connectivity index (χ0v) is 23.6. The molecule has 0 aromatic heterocycles. The Labute approximate surface area is 243 Å². The van der Waals surface area contributed by atoms with Gasteiger partial charge in [-0.2, -0.15) is 0 Å². The molecule has 4 aromatic carbocycles. The fourth-order valence-electron chi connectivity index (χ4n) is 4.63. The van der Waals surface area contributed by atoms with Crippen LogP contribution in [0, 0.1) is 0 Å². The molecule has 0 unspecified atom stereocenters. The normalized spacial score (nSPS) is 14.2. The van der Waals surface area contributed by atoms with Crippen LogP contribution in [0.2, 0.25) is 5.02 Å². The topological polar surface area (TPSA) is 55.8 Å². The van der Waals surface area contributed by atoms with Gasteiger partial charge in [0.15, 0.2) is 11.5 Å². The first-order valence-electron chi connectivity index (χ1n) is 13.0. The maximum absolute atomic E-state index is 13.4. The van der Waals surface area contributed by atoms with Crippen molar-refractivity contribution in [2.45, 2.75) is 26.5 Å². The number of ether oxygens (including phenoxy) is 2. The van der Waals surface area contributed by atoms with Gasteiger partial charge in [-0.1, -0.05) is 72.3 Å². The minimum Gasteiger partial charge on any atom is -0.490 e. The smallest absolute Gasteiger partial charge is 0.293 e. The summed E-state index contributed by atoms with van der Waals surface area (Å²) in [5.41, 5.74) is 3.52. The molecule has 5 nitrogen and oxygen atoms in total. The molecule has 1 heterocycles. The van der Waals surface area contributed by atoms with Crippen molar-refractivity contribution in [1.29, 1.82) is 0 Å². The molecular formula is C33H28ClNO4S. The third kappa shape index (κ3) is 6.09. The SMILES string of the molecule is C=CCc1cc(/C=C2\SC(=O)N(Cc3cccc4ccccc34)C2=O)cc(OCC)c1OCc1ccc(Cl)cc1. The molecule has 0 N–H and O–H groups in total. The number of thioether (sulfide) groups is 1. The van der Waals surface area contributed by atoms with Crippen molar-refractivity contribution in [3.8, 4) is 11.5 Å². The second-order valence-corrected chi connectivity index (χ2v) is 10.7. The van der Waals surface area contributed by atoms with Gasteiger partial charge in [-0.3, -0.25) is 14.5 Å². The van der Waals surface area contributed by atoms with Gasteiger partial charge >= 0.3 is 0 Å². The Morgan fingerprint density at radius 3 is 2.50 bits per heavy atom. The van der Waals surface area contributed by atoms with E-state index < -0.39 is 0 Å². The Bertz CT molecular complexity index is 1610. The Kier molecular flexibility index (Phi) is 8.58. The molecule has 7 heteroatoms. The predicted molar refractivity (Wildman–Crippen MR) is 163 cm³/mol. The lowest BCUT2D eigenvalue weighted by Gasteiger charge is -2.17. The zero-order valence-electron chi connectivity index (χ0n) is 22.1. The zero-order chi connectivity index (χ0) is 28.1. The summed E-state index contributed by atoms with van der Waals surface area (Å²) in [6, 6.07) is 25.1. The highest BCUT2D eigenvalue weighted by Gasteiger charge is 2.35. The molecule has 1 aliphatic heterocycles. The number of nitrogens with zero attached hydrogens (tertiary/aromatic N) is 1. The molecule has 2 amide bonds. The third-order valence-corrected chi connectivity index (χ3v) is 7.65. The van der Waals surface area contributed by atoms with Gasteiger partial charge in [0.25, 0.3) is 11.1 Å². The largest absolute Gasteiger partial charge is 0.490 e. The number of benzene rings is 4. The first kappa shape index (κ1) is 27.6. The second-order valence-electron chi connectivity index (χ2n) is 9.25. The first-order valence-corrected chi connectivity index (χ1v) is 14.2. The van der Waals surface area contributed by atoms with E-state index >= 15 is 0 Å². The summed E-state index contributed by atoms with van der Waals surface area (Å²) < 4.78 is 12.2. The number of imide groups is 1. The van der Waals surface area contributed by atoms with Crippen molar-refractivity contribution in [3.63, 3.8) is 0 Å². The molecule has 0 atom stereocenters. The molecule has 0 spiro atoms. The minimum absolute atomic E-state index is 0.215. The predicted octanol–water partition coefficient (Wildman–Crippen LogP) is 8.44. The molecule has 4 aromatic rings. The van der Waals surface area contributed by atoms with Crippen molar-refractivity contribution in [2.24, 2.45) is 0 Å². The van der Waals surface area contributed by atoms with Crippen LogP contribution in [0.4, 0.5) is 4.79 Å². The van der Waals surface area contributed by atoms with Crippen LogP contribution in [0.3, 0.4) is 0 Å². The summed E-state index contributed by atoms with van der Waals surface area (Å²) in [6.07, 6.45) is 4.08. The Hall–Kier alpha value is -4.00. The first-order chi connectivity index (χ1) is 19.5. The van der Waals surface area contributed by atoms with Gasteiger partial charge in [0.1, 0.15) is 6.61 Å². The van der Waals surface area contributed by atoms with E-state index in [0.29, 0.717) is 41.1 Å². The van der Waals surface area contributed by atoms with Gasteiger partial charge in [-0.25, -0.2) is 0 Å². The number of carbonyl (C=O) groups is 2. The summed E-state index contributed by atoms with van der Waals surface area (Å²) in [7, 11) is 0. The summed E-state index contributed by atoms with van der Waals surface area (Å²) in [5, 5.41) is 2.47. The van der Waals surface area contributed by atoms with Gasteiger partial charge in [0, 0.05) is 10.6 Å². The van der Waals surface area contributed by atoms with E-state index in [1.165, 1.54) is 4.90 Å². The molecule has 202 valence electrons. The van der Waals surface area contributed by atoms with Gasteiger partial charge in [0.05, 0.1) is 18.1 Å². The summed E-state index contributed by atoms with van der Waals surface area (Å²) in [4.78, 5) is 28.0. The van der Waals surface area contributed by atoms with E-state index in [0.717, 1.165) is 44.8 Å². The molecule has 1 fully saturated rings. The second kappa shape index (κ2) is 12.5. The molecule has 40 heavy (non-hydrogen) atoms.